The average Bonchev–Trinajstić information content (AvgIpc) is 3.16. The predicted octanol–water partition coefficient (Wildman–Crippen LogP) is 3.08. The van der Waals surface area contributed by atoms with Crippen molar-refractivity contribution < 1.29 is 34.4 Å². The molecule has 194 valence electrons. The summed E-state index contributed by atoms with van der Waals surface area (Å²) in [5, 5.41) is 33.2. The van der Waals surface area contributed by atoms with E-state index in [1.807, 2.05) is 0 Å². The second kappa shape index (κ2) is 9.70. The number of rotatable bonds is 6. The van der Waals surface area contributed by atoms with E-state index in [-0.39, 0.29) is 65.7 Å². The van der Waals surface area contributed by atoms with Crippen LogP contribution in [0.3, 0.4) is 0 Å². The lowest BCUT2D eigenvalue weighted by atomic mass is 9.43. The minimum atomic E-state index is -0.568. The quantitative estimate of drug-likeness (QED) is 0.501. The molecule has 3 N–H and O–H groups in total. The highest BCUT2D eigenvalue weighted by Crippen LogP contribution is 2.68. The number of esters is 2. The lowest BCUT2D eigenvalue weighted by Gasteiger charge is -2.63. The largest absolute Gasteiger partial charge is 0.466 e. The normalized spacial score (nSPS) is 46.6. The Hall–Kier alpha value is -1.18. The van der Waals surface area contributed by atoms with Crippen molar-refractivity contribution >= 4 is 11.9 Å². The summed E-state index contributed by atoms with van der Waals surface area (Å²) in [5.41, 5.74) is -0.215. The Bertz CT molecular complexity index is 770. The molecule has 0 unspecified atom stereocenters. The van der Waals surface area contributed by atoms with Crippen molar-refractivity contribution in [2.75, 3.05) is 13.7 Å². The first-order valence-corrected chi connectivity index (χ1v) is 13.3. The lowest BCUT2D eigenvalue weighted by molar-refractivity contribution is -0.207. The molecular formula is C27H44O7. The van der Waals surface area contributed by atoms with Crippen molar-refractivity contribution in [3.63, 3.8) is 0 Å². The summed E-state index contributed by atoms with van der Waals surface area (Å²) in [5.74, 6) is 0.574. The zero-order chi connectivity index (χ0) is 24.8. The van der Waals surface area contributed by atoms with Crippen LogP contribution in [0.1, 0.15) is 78.6 Å². The first kappa shape index (κ1) is 25.9. The topological polar surface area (TPSA) is 113 Å². The fraction of sp³-hybridized carbons (Fsp3) is 0.926. The van der Waals surface area contributed by atoms with Gasteiger partial charge in [-0.05, 0) is 97.7 Å². The molecule has 0 spiro atoms. The zero-order valence-electron chi connectivity index (χ0n) is 21.2. The Morgan fingerprint density at radius 3 is 2.44 bits per heavy atom. The molecule has 0 aromatic rings. The Kier molecular flexibility index (Phi) is 7.39. The summed E-state index contributed by atoms with van der Waals surface area (Å²) in [6, 6.07) is 0. The van der Waals surface area contributed by atoms with E-state index in [0.717, 1.165) is 38.5 Å². The molecule has 4 fully saturated rings. The molecular weight excluding hydrogens is 436 g/mol. The number of ether oxygens (including phenoxy) is 2. The van der Waals surface area contributed by atoms with Gasteiger partial charge in [-0.25, -0.2) is 4.79 Å². The molecule has 4 aliphatic carbocycles. The molecule has 0 radical (unpaired) electrons. The van der Waals surface area contributed by atoms with Gasteiger partial charge < -0.3 is 24.8 Å². The molecule has 0 heterocycles. The number of fused-ring (bicyclic) bond motifs is 5. The van der Waals surface area contributed by atoms with Crippen LogP contribution in [-0.2, 0) is 19.1 Å². The van der Waals surface area contributed by atoms with Crippen LogP contribution in [-0.4, -0.2) is 59.3 Å². The van der Waals surface area contributed by atoms with Crippen LogP contribution in [0.2, 0.25) is 0 Å². The molecule has 7 heteroatoms. The van der Waals surface area contributed by atoms with Crippen molar-refractivity contribution in [3.05, 3.63) is 0 Å². The first-order chi connectivity index (χ1) is 16.0. The third-order valence-electron chi connectivity index (χ3n) is 10.9. The predicted molar refractivity (Wildman–Crippen MR) is 125 cm³/mol. The third-order valence-corrected chi connectivity index (χ3v) is 10.9. The molecule has 0 aliphatic heterocycles. The molecule has 34 heavy (non-hydrogen) atoms. The number of aliphatic hydroxyl groups excluding tert-OH is 3. The highest BCUT2D eigenvalue weighted by molar-refractivity contribution is 5.76. The van der Waals surface area contributed by atoms with E-state index < -0.39 is 18.0 Å². The van der Waals surface area contributed by atoms with Crippen LogP contribution in [0.5, 0.6) is 0 Å². The van der Waals surface area contributed by atoms with Crippen molar-refractivity contribution in [1.82, 2.24) is 0 Å². The maximum absolute atomic E-state index is 12.1. The van der Waals surface area contributed by atoms with Gasteiger partial charge in [0.15, 0.2) is 6.61 Å². The van der Waals surface area contributed by atoms with Crippen LogP contribution in [0.15, 0.2) is 0 Å². The van der Waals surface area contributed by atoms with Gasteiger partial charge >= 0.3 is 11.9 Å². The highest BCUT2D eigenvalue weighted by Gasteiger charge is 2.65. The van der Waals surface area contributed by atoms with E-state index in [1.54, 1.807) is 0 Å². The van der Waals surface area contributed by atoms with Gasteiger partial charge in [0.25, 0.3) is 0 Å². The molecule has 0 amide bonds. The minimum absolute atomic E-state index is 0.0680. The van der Waals surface area contributed by atoms with Gasteiger partial charge in [-0.1, -0.05) is 20.8 Å². The highest BCUT2D eigenvalue weighted by atomic mass is 16.6. The Labute approximate surface area is 203 Å². The smallest absolute Gasteiger partial charge is 0.344 e. The summed E-state index contributed by atoms with van der Waals surface area (Å²) in [6.07, 6.45) is 5.80. The van der Waals surface area contributed by atoms with E-state index in [2.05, 4.69) is 25.5 Å². The summed E-state index contributed by atoms with van der Waals surface area (Å²) < 4.78 is 9.51. The lowest BCUT2D eigenvalue weighted by Crippen LogP contribution is -2.62. The molecule has 4 rings (SSSR count). The molecule has 0 aromatic carbocycles. The SMILES string of the molecule is COC(=O)COC(=O)CC[C@@H](C)[C@H]1CC[C@H]2[C@@H]3[C@H](O)C[C@@H]4C[C@H](O)CC[C@]4(C)[C@H]3C[C@H](O)[C@]12C. The number of aliphatic hydroxyl groups is 3. The fourth-order valence-corrected chi connectivity index (χ4v) is 8.95. The van der Waals surface area contributed by atoms with Crippen LogP contribution in [0.25, 0.3) is 0 Å². The van der Waals surface area contributed by atoms with Crippen molar-refractivity contribution in [3.8, 4) is 0 Å². The van der Waals surface area contributed by atoms with E-state index in [1.165, 1.54) is 7.11 Å². The average molecular weight is 481 g/mol. The van der Waals surface area contributed by atoms with E-state index in [0.29, 0.717) is 18.8 Å². The standard InChI is InChI=1S/C27H44O7/c1-15(5-8-23(31)34-14-24(32)33-4)18-6-7-19-25-20(13-22(30)27(18,19)3)26(2)10-9-17(28)11-16(26)12-21(25)29/h15-22,25,28-30H,5-14H2,1-4H3/t15-,16+,17-,18-,19+,20+,21-,22+,25+,26+,27-/m1/s1. The van der Waals surface area contributed by atoms with Crippen molar-refractivity contribution in [1.29, 1.82) is 0 Å². The monoisotopic (exact) mass is 480 g/mol. The van der Waals surface area contributed by atoms with Gasteiger partial charge in [-0.3, -0.25) is 4.79 Å². The Morgan fingerprint density at radius 1 is 1.00 bits per heavy atom. The number of hydrogen-bond donors (Lipinski definition) is 3. The first-order valence-electron chi connectivity index (χ1n) is 13.3. The molecule has 4 saturated carbocycles. The van der Waals surface area contributed by atoms with Gasteiger partial charge in [0.2, 0.25) is 0 Å². The number of methoxy groups -OCH3 is 1. The third kappa shape index (κ3) is 4.30. The van der Waals surface area contributed by atoms with Gasteiger partial charge in [0.1, 0.15) is 0 Å². The summed E-state index contributed by atoms with van der Waals surface area (Å²) in [6.45, 7) is 6.36. The van der Waals surface area contributed by atoms with E-state index >= 15 is 0 Å². The molecule has 0 bridgehead atoms. The molecule has 4 aliphatic rings. The van der Waals surface area contributed by atoms with Gasteiger partial charge in [-0.15, -0.1) is 0 Å². The number of hydrogen-bond acceptors (Lipinski definition) is 7. The molecule has 7 nitrogen and oxygen atoms in total. The molecule has 0 saturated heterocycles. The van der Waals surface area contributed by atoms with Crippen LogP contribution in [0, 0.1) is 46.3 Å². The van der Waals surface area contributed by atoms with Crippen LogP contribution < -0.4 is 0 Å². The minimum Gasteiger partial charge on any atom is -0.466 e. The maximum Gasteiger partial charge on any atom is 0.344 e. The fourth-order valence-electron chi connectivity index (χ4n) is 8.95. The maximum atomic E-state index is 12.1. The Balaban J connectivity index is 1.46. The van der Waals surface area contributed by atoms with E-state index in [4.69, 9.17) is 4.74 Å². The zero-order valence-corrected chi connectivity index (χ0v) is 21.2. The van der Waals surface area contributed by atoms with Crippen LogP contribution >= 0.6 is 0 Å². The summed E-state index contributed by atoms with van der Waals surface area (Å²) in [4.78, 5) is 23.3. The number of carbonyl (C=O) groups excluding carboxylic acids is 2. The van der Waals surface area contributed by atoms with Gasteiger partial charge in [0, 0.05) is 6.42 Å². The van der Waals surface area contributed by atoms with Gasteiger partial charge in [-0.2, -0.15) is 0 Å². The van der Waals surface area contributed by atoms with Gasteiger partial charge in [0.05, 0.1) is 25.4 Å². The van der Waals surface area contributed by atoms with Crippen molar-refractivity contribution in [2.45, 2.75) is 96.9 Å². The molecule has 11 atom stereocenters. The van der Waals surface area contributed by atoms with Crippen LogP contribution in [0.4, 0.5) is 0 Å². The van der Waals surface area contributed by atoms with Crippen molar-refractivity contribution in [2.24, 2.45) is 46.3 Å². The van der Waals surface area contributed by atoms with E-state index in [9.17, 15) is 24.9 Å². The summed E-state index contributed by atoms with van der Waals surface area (Å²) >= 11 is 0. The second-order valence-corrected chi connectivity index (χ2v) is 12.3. The Morgan fingerprint density at radius 2 is 1.74 bits per heavy atom. The summed E-state index contributed by atoms with van der Waals surface area (Å²) in [7, 11) is 1.26. The number of carbonyl (C=O) groups is 2. The second-order valence-electron chi connectivity index (χ2n) is 12.3. The molecule has 0 aromatic heterocycles.